The van der Waals surface area contributed by atoms with Crippen LogP contribution in [-0.2, 0) is 0 Å². The molecule has 0 fully saturated rings. The van der Waals surface area contributed by atoms with Gasteiger partial charge in [0.15, 0.2) is 0 Å². The minimum Gasteiger partial charge on any atom is 0 e. The van der Waals surface area contributed by atoms with Crippen LogP contribution < -0.4 is 12.3 Å². The third kappa shape index (κ3) is 8.83. The van der Waals surface area contributed by atoms with Crippen LogP contribution in [0.3, 0.4) is 0 Å². The molecule has 0 aromatic carbocycles. The largest absolute Gasteiger partial charge is 0 e. The van der Waals surface area contributed by atoms with Crippen molar-refractivity contribution in [1.82, 2.24) is 12.3 Å². The topological polar surface area (TPSA) is 61.0 Å². The molecule has 0 aromatic heterocycles. The Morgan fingerprint density at radius 2 is 0.500 bits per heavy atom. The first kappa shape index (κ1) is 32.0. The minimum absolute atomic E-state index is 0. The fourth-order valence-corrected chi connectivity index (χ4v) is 0. The first-order valence-corrected chi connectivity index (χ1v) is 0. The zero-order valence-corrected chi connectivity index (χ0v) is 3.02. The van der Waals surface area contributed by atoms with Gasteiger partial charge in [0.2, 0.25) is 0 Å². The normalized spacial score (nSPS) is 0. The van der Waals surface area contributed by atoms with E-state index in [0.29, 0.717) is 0 Å². The molecule has 0 rings (SSSR count). The van der Waals surface area contributed by atoms with E-state index >= 15 is 0 Å². The van der Waals surface area contributed by atoms with Crippen molar-refractivity contribution in [2.45, 2.75) is 0 Å². The van der Waals surface area contributed by atoms with Crippen LogP contribution in [0.25, 0.3) is 0 Å². The molecule has 4 heavy (non-hydrogen) atoms. The molecule has 26 valence electrons. The van der Waals surface area contributed by atoms with Gasteiger partial charge in [-0.05, 0) is 0 Å². The molecule has 2 nitrogen and oxygen atoms in total. The zero-order chi connectivity index (χ0) is 0. The number of rotatable bonds is 0. The van der Waals surface area contributed by atoms with E-state index in [4.69, 9.17) is 0 Å². The Balaban J connectivity index is 0. The molecular formula is Ar2N2. The van der Waals surface area contributed by atoms with Crippen molar-refractivity contribution < 1.29 is 75.5 Å². The molecule has 0 N–H and O–H groups in total. The van der Waals surface area contributed by atoms with Gasteiger partial charge in [0.25, 0.3) is 0 Å². The molecule has 0 saturated carbocycles. The van der Waals surface area contributed by atoms with Gasteiger partial charge in [-0.2, -0.15) is 0 Å². The molecule has 0 amide bonds. The Morgan fingerprint density at radius 1 is 0.500 bits per heavy atom. The summed E-state index contributed by atoms with van der Waals surface area (Å²) in [6.45, 7) is 0. The third-order valence-electron chi connectivity index (χ3n) is 0. The maximum Gasteiger partial charge on any atom is 0 e. The fraction of sp³-hybridized carbons (Fsp3) is 0. The molecule has 6 radical (unpaired) electrons. The van der Waals surface area contributed by atoms with Gasteiger partial charge in [0, 0.05) is 87.8 Å². The quantitative estimate of drug-likeness (QED) is 0.383. The number of hydrogen-bond acceptors (Lipinski definition) is 0. The summed E-state index contributed by atoms with van der Waals surface area (Å²) in [6, 6.07) is 0. The van der Waals surface area contributed by atoms with E-state index in [1.54, 1.807) is 0 Å². The summed E-state index contributed by atoms with van der Waals surface area (Å²) in [5, 5.41) is 0. The summed E-state index contributed by atoms with van der Waals surface area (Å²) in [7, 11) is 0. The average Bonchev–Trinajstić information content (AvgIpc) is 0. The molecule has 0 aliphatic heterocycles. The van der Waals surface area contributed by atoms with Crippen molar-refractivity contribution >= 4 is 0 Å². The van der Waals surface area contributed by atoms with Crippen molar-refractivity contribution in [3.05, 3.63) is 0 Å². The van der Waals surface area contributed by atoms with Crippen LogP contribution in [0.4, 0.5) is 0 Å². The summed E-state index contributed by atoms with van der Waals surface area (Å²) >= 11 is 0. The SMILES string of the molecule is [Ar].[Ar].[N].[N]. The van der Waals surface area contributed by atoms with Crippen LogP contribution in [-0.4, -0.2) is 0 Å². The summed E-state index contributed by atoms with van der Waals surface area (Å²) in [4.78, 5) is 0. The van der Waals surface area contributed by atoms with E-state index in [0.717, 1.165) is 0 Å². The summed E-state index contributed by atoms with van der Waals surface area (Å²) in [5.74, 6) is 0. The van der Waals surface area contributed by atoms with Gasteiger partial charge < -0.3 is 0 Å². The second-order valence-corrected chi connectivity index (χ2v) is 0. The van der Waals surface area contributed by atoms with Crippen LogP contribution in [0.5, 0.6) is 0 Å². The van der Waals surface area contributed by atoms with Crippen LogP contribution in [0.2, 0.25) is 0 Å². The van der Waals surface area contributed by atoms with Gasteiger partial charge in [-0.25, -0.2) is 0 Å². The van der Waals surface area contributed by atoms with Crippen LogP contribution in [0, 0.1) is 75.5 Å². The van der Waals surface area contributed by atoms with Gasteiger partial charge in [0.1, 0.15) is 0 Å². The van der Waals surface area contributed by atoms with Crippen molar-refractivity contribution in [2.75, 3.05) is 0 Å². The molecule has 0 aliphatic carbocycles. The Hall–Kier alpha value is 2.44. The first-order valence-electron chi connectivity index (χ1n) is 0. The van der Waals surface area contributed by atoms with Gasteiger partial charge in [-0.3, -0.25) is 0 Å². The summed E-state index contributed by atoms with van der Waals surface area (Å²) in [6.07, 6.45) is 0. The Labute approximate surface area is 85.9 Å². The third-order valence-corrected chi connectivity index (χ3v) is 0. The van der Waals surface area contributed by atoms with Crippen LogP contribution in [0.1, 0.15) is 0 Å². The molecule has 0 heterocycles. The molecule has 0 saturated heterocycles. The number of hydrogen-bond donors (Lipinski definition) is 0. The summed E-state index contributed by atoms with van der Waals surface area (Å²) < 4.78 is 0. The van der Waals surface area contributed by atoms with Gasteiger partial charge >= 0.3 is 0 Å². The predicted molar refractivity (Wildman–Crippen MR) is 4.27 cm³/mol. The molecule has 0 aliphatic rings. The molecule has 0 atom stereocenters. The van der Waals surface area contributed by atoms with Crippen molar-refractivity contribution in [1.29, 1.82) is 0 Å². The molecule has 4 heteroatoms. The van der Waals surface area contributed by atoms with Gasteiger partial charge in [-0.15, -0.1) is 0 Å². The van der Waals surface area contributed by atoms with Crippen molar-refractivity contribution in [3.8, 4) is 0 Å². The second-order valence-electron chi connectivity index (χ2n) is 0. The van der Waals surface area contributed by atoms with E-state index in [2.05, 4.69) is 0 Å². The molecular weight excluding hydrogens is 108 g/mol. The van der Waals surface area contributed by atoms with Gasteiger partial charge in [0.05, 0.1) is 0 Å². The average molecular weight is 108 g/mol. The van der Waals surface area contributed by atoms with Crippen molar-refractivity contribution in [2.24, 2.45) is 0 Å². The van der Waals surface area contributed by atoms with E-state index in [9.17, 15) is 0 Å². The van der Waals surface area contributed by atoms with Crippen molar-refractivity contribution in [3.63, 3.8) is 0 Å². The molecule has 0 spiro atoms. The van der Waals surface area contributed by atoms with E-state index in [-0.39, 0.29) is 87.8 Å². The smallest absolute Gasteiger partial charge is 0 e. The predicted octanol–water partition coefficient (Wildman–Crippen LogP) is -0.961. The molecule has 0 bridgehead atoms. The van der Waals surface area contributed by atoms with Gasteiger partial charge in [-0.1, -0.05) is 0 Å². The maximum atomic E-state index is 0. The second kappa shape index (κ2) is 18.0. The molecule has 0 aromatic rings. The first-order chi connectivity index (χ1) is 0. The van der Waals surface area contributed by atoms with Crippen LogP contribution in [0.15, 0.2) is 0 Å². The Bertz CT molecular complexity index is 4.00. The molecule has 0 unspecified atom stereocenters. The summed E-state index contributed by atoms with van der Waals surface area (Å²) in [5.41, 5.74) is 0. The number of nitrogens with zero attached hydrogens (tertiary/aromatic N) is 2. The van der Waals surface area contributed by atoms with E-state index in [1.807, 2.05) is 0 Å². The standard InChI is InChI=1S/2Ar.2N. The Morgan fingerprint density at radius 3 is 0.500 bits per heavy atom. The fourth-order valence-electron chi connectivity index (χ4n) is 0. The van der Waals surface area contributed by atoms with E-state index < -0.39 is 0 Å². The van der Waals surface area contributed by atoms with Crippen LogP contribution >= 0.6 is 0 Å². The Kier molecular flexibility index (Phi) is 144. The maximum absolute atomic E-state index is 0. The monoisotopic (exact) mass is 108 g/mol. The zero-order valence-electron chi connectivity index (χ0n) is 1.60. The minimum atomic E-state index is 0. The van der Waals surface area contributed by atoms with E-state index in [1.165, 1.54) is 0 Å².